The van der Waals surface area contributed by atoms with Crippen LogP contribution in [0.4, 0.5) is 0 Å². The van der Waals surface area contributed by atoms with Gasteiger partial charge in [-0.05, 0) is 31.0 Å². The average Bonchev–Trinajstić information content (AvgIpc) is 2.77. The molecule has 0 aliphatic heterocycles. The fourth-order valence-electron chi connectivity index (χ4n) is 3.07. The standard InChI is InChI=1S/C18H34O2.C10H10O2/c1-4-5-6-7-8-9-10-11-12-13-14-15-16-20-18(19)17(2)3;1-3-9-4-6-10(7-5-9)12-8(2)11/h2,4-16H2,1,3H3;3-7H,1H2,2H3. The highest BCUT2D eigenvalue weighted by Gasteiger charge is 2.01. The molecule has 0 N–H and O–H groups in total. The highest BCUT2D eigenvalue weighted by Crippen LogP contribution is 2.13. The zero-order valence-corrected chi connectivity index (χ0v) is 20.6. The molecule has 0 saturated heterocycles. The van der Waals surface area contributed by atoms with Gasteiger partial charge in [0.1, 0.15) is 5.75 Å². The number of carbonyl (C=O) groups is 2. The monoisotopic (exact) mass is 444 g/mol. The first-order valence-corrected chi connectivity index (χ1v) is 12.1. The minimum absolute atomic E-state index is 0.256. The van der Waals surface area contributed by atoms with Gasteiger partial charge in [0.25, 0.3) is 0 Å². The van der Waals surface area contributed by atoms with Crippen molar-refractivity contribution in [1.29, 1.82) is 0 Å². The first-order valence-electron chi connectivity index (χ1n) is 12.1. The van der Waals surface area contributed by atoms with Gasteiger partial charge in [0.15, 0.2) is 0 Å². The second kappa shape index (κ2) is 20.5. The van der Waals surface area contributed by atoms with Crippen molar-refractivity contribution in [1.82, 2.24) is 0 Å². The molecule has 0 amide bonds. The zero-order valence-electron chi connectivity index (χ0n) is 20.6. The molecular formula is C28H44O4. The number of rotatable bonds is 16. The van der Waals surface area contributed by atoms with Crippen LogP contribution in [0.2, 0.25) is 0 Å². The van der Waals surface area contributed by atoms with Gasteiger partial charge < -0.3 is 9.47 Å². The van der Waals surface area contributed by atoms with E-state index >= 15 is 0 Å². The maximum absolute atomic E-state index is 11.1. The van der Waals surface area contributed by atoms with Crippen LogP contribution in [0.5, 0.6) is 5.75 Å². The number of benzene rings is 1. The maximum Gasteiger partial charge on any atom is 0.333 e. The number of ether oxygens (including phenoxy) is 2. The molecule has 0 atom stereocenters. The molecule has 1 rings (SSSR count). The molecule has 0 aliphatic carbocycles. The molecule has 1 aromatic carbocycles. The van der Waals surface area contributed by atoms with E-state index in [0.717, 1.165) is 12.0 Å². The third kappa shape index (κ3) is 18.4. The van der Waals surface area contributed by atoms with E-state index in [0.29, 0.717) is 17.9 Å². The molecule has 0 spiro atoms. The van der Waals surface area contributed by atoms with Gasteiger partial charge >= 0.3 is 11.9 Å². The fraction of sp³-hybridized carbons (Fsp3) is 0.571. The van der Waals surface area contributed by atoms with Crippen LogP contribution in [0.3, 0.4) is 0 Å². The summed E-state index contributed by atoms with van der Waals surface area (Å²) in [5.41, 5.74) is 1.50. The molecule has 0 radical (unpaired) electrons. The van der Waals surface area contributed by atoms with Crippen LogP contribution in [0.25, 0.3) is 6.08 Å². The van der Waals surface area contributed by atoms with E-state index in [2.05, 4.69) is 20.1 Å². The summed E-state index contributed by atoms with van der Waals surface area (Å²) in [7, 11) is 0. The smallest absolute Gasteiger partial charge is 0.333 e. The van der Waals surface area contributed by atoms with Crippen molar-refractivity contribution in [3.63, 3.8) is 0 Å². The molecule has 0 aromatic heterocycles. The molecule has 4 nitrogen and oxygen atoms in total. The molecule has 32 heavy (non-hydrogen) atoms. The number of unbranched alkanes of at least 4 members (excludes halogenated alkanes) is 11. The van der Waals surface area contributed by atoms with Crippen LogP contribution in [-0.4, -0.2) is 18.5 Å². The van der Waals surface area contributed by atoms with Gasteiger partial charge in [0, 0.05) is 12.5 Å². The summed E-state index contributed by atoms with van der Waals surface area (Å²) in [4.78, 5) is 21.6. The van der Waals surface area contributed by atoms with Crippen molar-refractivity contribution in [3.05, 3.63) is 48.6 Å². The van der Waals surface area contributed by atoms with E-state index in [9.17, 15) is 9.59 Å². The third-order valence-corrected chi connectivity index (χ3v) is 4.96. The second-order valence-electron chi connectivity index (χ2n) is 8.17. The zero-order chi connectivity index (χ0) is 24.0. The second-order valence-corrected chi connectivity index (χ2v) is 8.17. The van der Waals surface area contributed by atoms with E-state index in [1.807, 2.05) is 12.1 Å². The van der Waals surface area contributed by atoms with E-state index < -0.39 is 0 Å². The highest BCUT2D eigenvalue weighted by atomic mass is 16.5. The summed E-state index contributed by atoms with van der Waals surface area (Å²) in [5, 5.41) is 0. The number of carbonyl (C=O) groups excluding carboxylic acids is 2. The van der Waals surface area contributed by atoms with Gasteiger partial charge in [-0.3, -0.25) is 4.79 Å². The molecule has 0 saturated carbocycles. The quantitative estimate of drug-likeness (QED) is 0.112. The molecular weight excluding hydrogens is 400 g/mol. The van der Waals surface area contributed by atoms with Crippen LogP contribution in [0, 0.1) is 0 Å². The Morgan fingerprint density at radius 3 is 1.69 bits per heavy atom. The summed E-state index contributed by atoms with van der Waals surface area (Å²) in [6.45, 7) is 13.0. The third-order valence-electron chi connectivity index (χ3n) is 4.96. The Balaban J connectivity index is 0.000000677. The van der Waals surface area contributed by atoms with Gasteiger partial charge in [0.05, 0.1) is 6.61 Å². The largest absolute Gasteiger partial charge is 0.462 e. The van der Waals surface area contributed by atoms with Gasteiger partial charge in [-0.2, -0.15) is 0 Å². The number of esters is 2. The van der Waals surface area contributed by atoms with Crippen LogP contribution < -0.4 is 4.74 Å². The van der Waals surface area contributed by atoms with Crippen molar-refractivity contribution in [2.45, 2.75) is 97.8 Å². The summed E-state index contributed by atoms with van der Waals surface area (Å²) in [6, 6.07) is 7.15. The van der Waals surface area contributed by atoms with Gasteiger partial charge in [-0.15, -0.1) is 0 Å². The predicted octanol–water partition coefficient (Wildman–Crippen LogP) is 8.06. The Labute approximate surface area is 196 Å². The predicted molar refractivity (Wildman–Crippen MR) is 135 cm³/mol. The van der Waals surface area contributed by atoms with Crippen molar-refractivity contribution in [2.24, 2.45) is 0 Å². The fourth-order valence-corrected chi connectivity index (χ4v) is 3.07. The lowest BCUT2D eigenvalue weighted by molar-refractivity contribution is -0.139. The van der Waals surface area contributed by atoms with Crippen molar-refractivity contribution >= 4 is 18.0 Å². The summed E-state index contributed by atoms with van der Waals surface area (Å²) in [5.74, 6) is 0.00234. The minimum Gasteiger partial charge on any atom is -0.462 e. The van der Waals surface area contributed by atoms with Crippen LogP contribution >= 0.6 is 0 Å². The summed E-state index contributed by atoms with van der Waals surface area (Å²) < 4.78 is 9.90. The molecule has 0 heterocycles. The van der Waals surface area contributed by atoms with Crippen molar-refractivity contribution < 1.29 is 19.1 Å². The van der Waals surface area contributed by atoms with Crippen LogP contribution in [0.1, 0.15) is 103 Å². The van der Waals surface area contributed by atoms with Crippen LogP contribution in [0.15, 0.2) is 43.0 Å². The Morgan fingerprint density at radius 2 is 1.28 bits per heavy atom. The minimum atomic E-state index is -0.304. The van der Waals surface area contributed by atoms with E-state index in [-0.39, 0.29) is 11.9 Å². The summed E-state index contributed by atoms with van der Waals surface area (Å²) in [6.07, 6.45) is 17.6. The Kier molecular flexibility index (Phi) is 19.0. The van der Waals surface area contributed by atoms with E-state index in [1.165, 1.54) is 77.6 Å². The normalized spacial score (nSPS) is 9.97. The molecule has 0 unspecified atom stereocenters. The van der Waals surface area contributed by atoms with Gasteiger partial charge in [-0.25, -0.2) is 4.79 Å². The molecule has 0 aliphatic rings. The molecule has 0 fully saturated rings. The maximum atomic E-state index is 11.1. The Hall–Kier alpha value is -2.36. The molecule has 1 aromatic rings. The van der Waals surface area contributed by atoms with Gasteiger partial charge in [0.2, 0.25) is 0 Å². The van der Waals surface area contributed by atoms with Crippen LogP contribution in [-0.2, 0) is 14.3 Å². The Morgan fingerprint density at radius 1 is 0.812 bits per heavy atom. The first kappa shape index (κ1) is 29.6. The SMILES string of the molecule is C=C(C)C(=O)OCCCCCCCCCCCCCC.C=Cc1ccc(OC(C)=O)cc1. The topological polar surface area (TPSA) is 52.6 Å². The lowest BCUT2D eigenvalue weighted by atomic mass is 10.1. The molecule has 0 bridgehead atoms. The number of hydrogen-bond acceptors (Lipinski definition) is 4. The Bertz CT molecular complexity index is 646. The lowest BCUT2D eigenvalue weighted by Crippen LogP contribution is -2.05. The summed E-state index contributed by atoms with van der Waals surface area (Å²) >= 11 is 0. The highest BCUT2D eigenvalue weighted by molar-refractivity contribution is 5.86. The van der Waals surface area contributed by atoms with Gasteiger partial charge in [-0.1, -0.05) is 109 Å². The van der Waals surface area contributed by atoms with E-state index in [1.54, 1.807) is 25.1 Å². The number of hydrogen-bond donors (Lipinski definition) is 0. The van der Waals surface area contributed by atoms with Crippen molar-refractivity contribution in [3.8, 4) is 5.75 Å². The van der Waals surface area contributed by atoms with E-state index in [4.69, 9.17) is 9.47 Å². The molecule has 180 valence electrons. The first-order chi connectivity index (χ1) is 15.4. The van der Waals surface area contributed by atoms with Crippen molar-refractivity contribution in [2.75, 3.05) is 6.61 Å². The lowest BCUT2D eigenvalue weighted by Gasteiger charge is -2.04. The molecule has 4 heteroatoms. The average molecular weight is 445 g/mol.